The predicted molar refractivity (Wildman–Crippen MR) is 67.1 cm³/mol. The van der Waals surface area contributed by atoms with Crippen molar-refractivity contribution in [2.45, 2.75) is 19.4 Å². The van der Waals surface area contributed by atoms with E-state index in [-0.39, 0.29) is 6.61 Å². The van der Waals surface area contributed by atoms with Crippen LogP contribution in [0.5, 0.6) is 0 Å². The average Bonchev–Trinajstić information content (AvgIpc) is 2.39. The third kappa shape index (κ3) is 3.39. The lowest BCUT2D eigenvalue weighted by atomic mass is 9.99. The molecule has 0 spiro atoms. The van der Waals surface area contributed by atoms with Crippen molar-refractivity contribution in [1.82, 2.24) is 9.88 Å². The molecule has 1 fully saturated rings. The summed E-state index contributed by atoms with van der Waals surface area (Å²) in [6, 6.07) is 3.80. The summed E-state index contributed by atoms with van der Waals surface area (Å²) >= 11 is 0. The monoisotopic (exact) mass is 236 g/mol. The first-order valence-corrected chi connectivity index (χ1v) is 6.06. The summed E-state index contributed by atoms with van der Waals surface area (Å²) in [5.41, 5.74) is 4.52. The molecule has 0 saturated carbocycles. The molecule has 0 amide bonds. The van der Waals surface area contributed by atoms with Gasteiger partial charge in [0.25, 0.3) is 0 Å². The molecule has 1 aromatic heterocycles. The molecule has 94 valence electrons. The molecule has 2 heterocycles. The van der Waals surface area contributed by atoms with Crippen LogP contribution in [-0.4, -0.2) is 34.7 Å². The molecule has 5 heteroatoms. The Bertz CT molecular complexity index is 358. The van der Waals surface area contributed by atoms with Gasteiger partial charge in [0.1, 0.15) is 0 Å². The van der Waals surface area contributed by atoms with Gasteiger partial charge in [-0.2, -0.15) is 0 Å². The number of piperidine rings is 1. The van der Waals surface area contributed by atoms with Crippen LogP contribution in [0.2, 0.25) is 0 Å². The maximum Gasteiger partial charge on any atom is 0.0564 e. The van der Waals surface area contributed by atoms with Gasteiger partial charge in [-0.25, -0.2) is 0 Å². The molecule has 1 aliphatic heterocycles. The van der Waals surface area contributed by atoms with Gasteiger partial charge >= 0.3 is 0 Å². The number of hydrogen-bond donors (Lipinski definition) is 3. The molecule has 2 rings (SSSR count). The predicted octanol–water partition coefficient (Wildman–Crippen LogP) is 0.571. The van der Waals surface area contributed by atoms with E-state index in [9.17, 15) is 5.11 Å². The van der Waals surface area contributed by atoms with Gasteiger partial charge in [0.2, 0.25) is 0 Å². The molecular formula is C12H20N4O. The number of aromatic nitrogens is 1. The van der Waals surface area contributed by atoms with Gasteiger partial charge < -0.3 is 10.5 Å². The Morgan fingerprint density at radius 1 is 1.59 bits per heavy atom. The maximum atomic E-state index is 9.19. The minimum Gasteiger partial charge on any atom is -0.396 e. The lowest BCUT2D eigenvalue weighted by molar-refractivity contribution is 0.115. The van der Waals surface area contributed by atoms with Crippen molar-refractivity contribution in [3.63, 3.8) is 0 Å². The number of nitrogens with two attached hydrogens (primary N) is 1. The number of hydrogen-bond acceptors (Lipinski definition) is 5. The van der Waals surface area contributed by atoms with Crippen molar-refractivity contribution in [3.05, 3.63) is 24.0 Å². The highest BCUT2D eigenvalue weighted by atomic mass is 16.3. The van der Waals surface area contributed by atoms with Crippen LogP contribution in [-0.2, 0) is 6.54 Å². The van der Waals surface area contributed by atoms with E-state index >= 15 is 0 Å². The van der Waals surface area contributed by atoms with Crippen LogP contribution in [0, 0.1) is 5.92 Å². The third-order valence-electron chi connectivity index (χ3n) is 3.23. The first-order valence-electron chi connectivity index (χ1n) is 6.06. The Morgan fingerprint density at radius 2 is 2.47 bits per heavy atom. The number of nitrogens with zero attached hydrogens (tertiary/aromatic N) is 2. The van der Waals surface area contributed by atoms with E-state index in [0.29, 0.717) is 5.92 Å². The van der Waals surface area contributed by atoms with Crippen LogP contribution in [0.3, 0.4) is 0 Å². The zero-order valence-electron chi connectivity index (χ0n) is 9.97. The van der Waals surface area contributed by atoms with Crippen LogP contribution in [0.4, 0.5) is 5.69 Å². The topological polar surface area (TPSA) is 74.4 Å². The summed E-state index contributed by atoms with van der Waals surface area (Å²) in [7, 11) is 0. The lowest BCUT2D eigenvalue weighted by Crippen LogP contribution is -2.36. The van der Waals surface area contributed by atoms with E-state index in [4.69, 9.17) is 5.84 Å². The van der Waals surface area contributed by atoms with E-state index < -0.39 is 0 Å². The molecule has 5 nitrogen and oxygen atoms in total. The lowest BCUT2D eigenvalue weighted by Gasteiger charge is -2.31. The van der Waals surface area contributed by atoms with Gasteiger partial charge in [0, 0.05) is 25.9 Å². The third-order valence-corrected chi connectivity index (χ3v) is 3.23. The second-order valence-corrected chi connectivity index (χ2v) is 4.61. The SMILES string of the molecule is NNc1ccnc(CN2CCCC(CO)C2)c1. The van der Waals surface area contributed by atoms with Crippen LogP contribution in [0.1, 0.15) is 18.5 Å². The number of aliphatic hydroxyl groups is 1. The van der Waals surface area contributed by atoms with Crippen LogP contribution in [0.15, 0.2) is 18.3 Å². The molecule has 17 heavy (non-hydrogen) atoms. The normalized spacial score (nSPS) is 21.4. The molecular weight excluding hydrogens is 216 g/mol. The van der Waals surface area contributed by atoms with Crippen molar-refractivity contribution >= 4 is 5.69 Å². The standard InChI is InChI=1S/C12H20N4O/c13-15-11-3-4-14-12(6-11)8-16-5-1-2-10(7-16)9-17/h3-4,6,10,17H,1-2,5,7-9,13H2,(H,14,15). The van der Waals surface area contributed by atoms with Gasteiger partial charge in [0.05, 0.1) is 11.4 Å². The molecule has 1 aliphatic rings. The number of nitrogen functional groups attached to an aromatic ring is 1. The second-order valence-electron chi connectivity index (χ2n) is 4.61. The Morgan fingerprint density at radius 3 is 3.24 bits per heavy atom. The Balaban J connectivity index is 1.95. The minimum atomic E-state index is 0.286. The summed E-state index contributed by atoms with van der Waals surface area (Å²) in [6.45, 7) is 3.15. The van der Waals surface area contributed by atoms with Gasteiger partial charge in [0.15, 0.2) is 0 Å². The van der Waals surface area contributed by atoms with Crippen LogP contribution < -0.4 is 11.3 Å². The molecule has 1 saturated heterocycles. The van der Waals surface area contributed by atoms with Crippen molar-refractivity contribution < 1.29 is 5.11 Å². The number of likely N-dealkylation sites (tertiary alicyclic amines) is 1. The molecule has 1 aromatic rings. The number of pyridine rings is 1. The minimum absolute atomic E-state index is 0.286. The fraction of sp³-hybridized carbons (Fsp3) is 0.583. The summed E-state index contributed by atoms with van der Waals surface area (Å²) < 4.78 is 0. The molecule has 1 unspecified atom stereocenters. The molecule has 0 aliphatic carbocycles. The summed E-state index contributed by atoms with van der Waals surface area (Å²) in [5, 5.41) is 9.19. The molecule has 0 bridgehead atoms. The number of rotatable bonds is 4. The van der Waals surface area contributed by atoms with E-state index in [2.05, 4.69) is 15.3 Å². The van der Waals surface area contributed by atoms with Crippen molar-refractivity contribution in [2.24, 2.45) is 11.8 Å². The number of nitrogens with one attached hydrogen (secondary N) is 1. The van der Waals surface area contributed by atoms with E-state index in [1.165, 1.54) is 0 Å². The van der Waals surface area contributed by atoms with Crippen molar-refractivity contribution in [3.8, 4) is 0 Å². The zero-order chi connectivity index (χ0) is 12.1. The molecule has 0 radical (unpaired) electrons. The maximum absolute atomic E-state index is 9.19. The fourth-order valence-electron chi connectivity index (χ4n) is 2.33. The van der Waals surface area contributed by atoms with Crippen LogP contribution >= 0.6 is 0 Å². The highest BCUT2D eigenvalue weighted by Gasteiger charge is 2.19. The molecule has 1 atom stereocenters. The zero-order valence-corrected chi connectivity index (χ0v) is 9.97. The van der Waals surface area contributed by atoms with E-state index in [1.54, 1.807) is 6.20 Å². The number of aliphatic hydroxyl groups excluding tert-OH is 1. The van der Waals surface area contributed by atoms with Gasteiger partial charge in [-0.05, 0) is 37.4 Å². The Labute approximate surface area is 102 Å². The quantitative estimate of drug-likeness (QED) is 0.526. The largest absolute Gasteiger partial charge is 0.396 e. The first kappa shape index (κ1) is 12.3. The summed E-state index contributed by atoms with van der Waals surface area (Å²) in [5.74, 6) is 5.79. The smallest absolute Gasteiger partial charge is 0.0564 e. The van der Waals surface area contributed by atoms with Crippen LogP contribution in [0.25, 0.3) is 0 Å². The van der Waals surface area contributed by atoms with E-state index in [0.717, 1.165) is 43.9 Å². The van der Waals surface area contributed by atoms with E-state index in [1.807, 2.05) is 12.1 Å². The fourth-order valence-corrected chi connectivity index (χ4v) is 2.33. The van der Waals surface area contributed by atoms with Crippen molar-refractivity contribution in [1.29, 1.82) is 0 Å². The highest BCUT2D eigenvalue weighted by molar-refractivity contribution is 5.41. The first-order chi connectivity index (χ1) is 8.31. The van der Waals surface area contributed by atoms with Gasteiger partial charge in [-0.15, -0.1) is 0 Å². The Hall–Kier alpha value is -1.17. The Kier molecular flexibility index (Phi) is 4.30. The van der Waals surface area contributed by atoms with Gasteiger partial charge in [-0.3, -0.25) is 15.7 Å². The average molecular weight is 236 g/mol. The number of anilines is 1. The second kappa shape index (κ2) is 5.95. The highest BCUT2D eigenvalue weighted by Crippen LogP contribution is 2.18. The van der Waals surface area contributed by atoms with Crippen molar-refractivity contribution in [2.75, 3.05) is 25.1 Å². The summed E-state index contributed by atoms with van der Waals surface area (Å²) in [4.78, 5) is 6.67. The molecule has 4 N–H and O–H groups in total. The van der Waals surface area contributed by atoms with Gasteiger partial charge in [-0.1, -0.05) is 0 Å². The summed E-state index contributed by atoms with van der Waals surface area (Å²) in [6.07, 6.45) is 4.04. The molecule has 0 aromatic carbocycles. The number of hydrazine groups is 1.